The largest absolute Gasteiger partial charge is 0.489 e. The number of anilines is 1. The smallest absolute Gasteiger partial charge is 0.404 e. The van der Waals surface area contributed by atoms with Crippen LogP contribution >= 0.6 is 0 Å². The van der Waals surface area contributed by atoms with Crippen LogP contribution in [0.5, 0.6) is 5.75 Å². The standard InChI is InChI=1S/C15H19FN2O4/c16-9-12(11-22-15(17)19)10-21-14-3-1-13(2-4-14)18-5-7-20-8-6-18/h1-4,9H,5-8,10-11H2,(H2,17,19). The van der Waals surface area contributed by atoms with Crippen molar-refractivity contribution in [3.63, 3.8) is 0 Å². The Hall–Kier alpha value is -2.28. The Balaban J connectivity index is 1.84. The molecule has 2 rings (SSSR count). The lowest BCUT2D eigenvalue weighted by molar-refractivity contribution is 0.122. The van der Waals surface area contributed by atoms with Gasteiger partial charge in [-0.15, -0.1) is 0 Å². The van der Waals surface area contributed by atoms with Gasteiger partial charge < -0.3 is 24.8 Å². The minimum atomic E-state index is -0.950. The van der Waals surface area contributed by atoms with Crippen molar-refractivity contribution in [3.8, 4) is 5.75 Å². The van der Waals surface area contributed by atoms with Crippen LogP contribution < -0.4 is 15.4 Å². The molecule has 0 aromatic heterocycles. The summed E-state index contributed by atoms with van der Waals surface area (Å²) in [5.74, 6) is 0.607. The minimum Gasteiger partial charge on any atom is -0.489 e. The lowest BCUT2D eigenvalue weighted by Crippen LogP contribution is -2.36. The number of hydrogen-bond donors (Lipinski definition) is 1. The molecular weight excluding hydrogens is 291 g/mol. The molecule has 1 fully saturated rings. The van der Waals surface area contributed by atoms with E-state index in [0.29, 0.717) is 12.1 Å². The van der Waals surface area contributed by atoms with E-state index >= 15 is 0 Å². The van der Waals surface area contributed by atoms with E-state index in [1.807, 2.05) is 24.3 Å². The first-order valence-electron chi connectivity index (χ1n) is 6.95. The highest BCUT2D eigenvalue weighted by molar-refractivity contribution is 5.64. The van der Waals surface area contributed by atoms with Crippen molar-refractivity contribution < 1.29 is 23.4 Å². The molecule has 1 heterocycles. The van der Waals surface area contributed by atoms with E-state index in [0.717, 1.165) is 32.0 Å². The van der Waals surface area contributed by atoms with Crippen molar-refractivity contribution in [3.05, 3.63) is 36.2 Å². The van der Waals surface area contributed by atoms with E-state index in [1.54, 1.807) is 0 Å². The molecule has 0 unspecified atom stereocenters. The second-order valence-corrected chi connectivity index (χ2v) is 4.76. The Morgan fingerprint density at radius 3 is 2.55 bits per heavy atom. The summed E-state index contributed by atoms with van der Waals surface area (Å²) in [6.45, 7) is 2.93. The van der Waals surface area contributed by atoms with Gasteiger partial charge >= 0.3 is 6.09 Å². The Kier molecular flexibility index (Phi) is 6.02. The summed E-state index contributed by atoms with van der Waals surface area (Å²) in [6.07, 6.45) is -0.598. The van der Waals surface area contributed by atoms with Gasteiger partial charge in [-0.25, -0.2) is 9.18 Å². The van der Waals surface area contributed by atoms with E-state index < -0.39 is 6.09 Å². The van der Waals surface area contributed by atoms with Gasteiger partial charge in [0.25, 0.3) is 0 Å². The number of benzene rings is 1. The maximum atomic E-state index is 12.6. The molecule has 0 bridgehead atoms. The molecule has 1 saturated heterocycles. The van der Waals surface area contributed by atoms with Crippen LogP contribution in [0.15, 0.2) is 36.2 Å². The number of ether oxygens (including phenoxy) is 3. The first-order chi connectivity index (χ1) is 10.7. The Labute approximate surface area is 128 Å². The van der Waals surface area contributed by atoms with Gasteiger partial charge in [0, 0.05) is 24.4 Å². The Morgan fingerprint density at radius 1 is 1.27 bits per heavy atom. The molecule has 2 N–H and O–H groups in total. The molecule has 1 aliphatic rings. The summed E-state index contributed by atoms with van der Waals surface area (Å²) < 4.78 is 27.9. The van der Waals surface area contributed by atoms with Crippen LogP contribution in [0.2, 0.25) is 0 Å². The van der Waals surface area contributed by atoms with Crippen molar-refractivity contribution >= 4 is 11.8 Å². The second kappa shape index (κ2) is 8.23. The van der Waals surface area contributed by atoms with Gasteiger partial charge in [0.05, 0.1) is 19.5 Å². The molecule has 1 aliphatic heterocycles. The van der Waals surface area contributed by atoms with Crippen molar-refractivity contribution in [1.82, 2.24) is 0 Å². The first-order valence-corrected chi connectivity index (χ1v) is 6.95. The predicted molar refractivity (Wildman–Crippen MR) is 79.7 cm³/mol. The lowest BCUT2D eigenvalue weighted by Gasteiger charge is -2.28. The summed E-state index contributed by atoms with van der Waals surface area (Å²) in [7, 11) is 0. The molecule has 1 aromatic carbocycles. The van der Waals surface area contributed by atoms with Crippen LogP contribution in [0.25, 0.3) is 0 Å². The topological polar surface area (TPSA) is 74.0 Å². The van der Waals surface area contributed by atoms with E-state index in [4.69, 9.17) is 15.2 Å². The molecule has 1 amide bonds. The zero-order valence-corrected chi connectivity index (χ0v) is 12.2. The molecular formula is C15H19FN2O4. The van der Waals surface area contributed by atoms with E-state index in [1.165, 1.54) is 0 Å². The zero-order chi connectivity index (χ0) is 15.8. The third kappa shape index (κ3) is 4.92. The van der Waals surface area contributed by atoms with Crippen LogP contribution in [0.1, 0.15) is 0 Å². The number of nitrogens with zero attached hydrogens (tertiary/aromatic N) is 1. The Morgan fingerprint density at radius 2 is 1.95 bits per heavy atom. The SMILES string of the molecule is NC(=O)OCC(=CF)COc1ccc(N2CCOCC2)cc1. The normalized spacial score (nSPS) is 15.5. The average Bonchev–Trinajstić information content (AvgIpc) is 2.56. The number of primary amides is 1. The number of carbonyl (C=O) groups is 1. The predicted octanol–water partition coefficient (Wildman–Crippen LogP) is 1.85. The molecule has 0 aliphatic carbocycles. The highest BCUT2D eigenvalue weighted by Gasteiger charge is 2.11. The molecule has 0 saturated carbocycles. The fraction of sp³-hybridized carbons (Fsp3) is 0.400. The summed E-state index contributed by atoms with van der Waals surface area (Å²) >= 11 is 0. The first kappa shape index (κ1) is 16.1. The fourth-order valence-electron chi connectivity index (χ4n) is 2.02. The monoisotopic (exact) mass is 310 g/mol. The minimum absolute atomic E-state index is 0.0132. The average molecular weight is 310 g/mol. The quantitative estimate of drug-likeness (QED) is 0.868. The molecule has 22 heavy (non-hydrogen) atoms. The summed E-state index contributed by atoms with van der Waals surface area (Å²) in [5.41, 5.74) is 6.11. The molecule has 1 aromatic rings. The summed E-state index contributed by atoms with van der Waals surface area (Å²) in [5, 5.41) is 0. The van der Waals surface area contributed by atoms with Gasteiger partial charge in [-0.1, -0.05) is 0 Å². The maximum Gasteiger partial charge on any atom is 0.404 e. The number of hydrogen-bond acceptors (Lipinski definition) is 5. The fourth-order valence-corrected chi connectivity index (χ4v) is 2.02. The molecule has 6 nitrogen and oxygen atoms in total. The van der Waals surface area contributed by atoms with Crippen molar-refractivity contribution in [2.45, 2.75) is 0 Å². The van der Waals surface area contributed by atoms with Crippen molar-refractivity contribution in [2.24, 2.45) is 5.73 Å². The van der Waals surface area contributed by atoms with E-state index in [-0.39, 0.29) is 18.8 Å². The van der Waals surface area contributed by atoms with Gasteiger partial charge in [-0.05, 0) is 24.3 Å². The van der Waals surface area contributed by atoms with Gasteiger partial charge in [0.2, 0.25) is 0 Å². The zero-order valence-electron chi connectivity index (χ0n) is 12.2. The number of rotatable bonds is 6. The highest BCUT2D eigenvalue weighted by atomic mass is 19.1. The van der Waals surface area contributed by atoms with Crippen molar-refractivity contribution in [1.29, 1.82) is 0 Å². The molecule has 0 radical (unpaired) electrons. The van der Waals surface area contributed by atoms with E-state index in [2.05, 4.69) is 9.64 Å². The maximum absolute atomic E-state index is 12.6. The third-order valence-corrected chi connectivity index (χ3v) is 3.19. The van der Waals surface area contributed by atoms with Crippen LogP contribution in [-0.4, -0.2) is 45.6 Å². The number of halogens is 1. The van der Waals surface area contributed by atoms with Crippen LogP contribution in [0, 0.1) is 0 Å². The molecule has 0 atom stereocenters. The van der Waals surface area contributed by atoms with Gasteiger partial charge in [-0.3, -0.25) is 0 Å². The van der Waals surface area contributed by atoms with Gasteiger partial charge in [-0.2, -0.15) is 0 Å². The summed E-state index contributed by atoms with van der Waals surface area (Å²) in [4.78, 5) is 12.7. The van der Waals surface area contributed by atoms with Crippen molar-refractivity contribution in [2.75, 3.05) is 44.4 Å². The van der Waals surface area contributed by atoms with Gasteiger partial charge in [0.1, 0.15) is 19.0 Å². The van der Waals surface area contributed by atoms with Crippen LogP contribution in [0.3, 0.4) is 0 Å². The number of amides is 1. The second-order valence-electron chi connectivity index (χ2n) is 4.76. The Bertz CT molecular complexity index is 513. The summed E-state index contributed by atoms with van der Waals surface area (Å²) in [6, 6.07) is 7.52. The third-order valence-electron chi connectivity index (χ3n) is 3.19. The molecule has 7 heteroatoms. The highest BCUT2D eigenvalue weighted by Crippen LogP contribution is 2.20. The van der Waals surface area contributed by atoms with Crippen LogP contribution in [0.4, 0.5) is 14.9 Å². The number of morpholine rings is 1. The molecule has 0 spiro atoms. The van der Waals surface area contributed by atoms with E-state index in [9.17, 15) is 9.18 Å². The number of nitrogens with two attached hydrogens (primary N) is 1. The lowest BCUT2D eigenvalue weighted by atomic mass is 10.2. The number of carbonyl (C=O) groups excluding carboxylic acids is 1. The molecule has 120 valence electrons. The van der Waals surface area contributed by atoms with Crippen LogP contribution in [-0.2, 0) is 9.47 Å². The van der Waals surface area contributed by atoms with Gasteiger partial charge in [0.15, 0.2) is 0 Å².